The lowest BCUT2D eigenvalue weighted by Crippen LogP contribution is -2.32. The van der Waals surface area contributed by atoms with E-state index in [0.29, 0.717) is 17.1 Å². The van der Waals surface area contributed by atoms with Gasteiger partial charge >= 0.3 is 0 Å². The SMILES string of the molecule is O=C(Nc1ccccc1Cl)[C@]1(c2ccccc2)CC1(Cl)Cl. The molecule has 0 radical (unpaired) electrons. The van der Waals surface area contributed by atoms with E-state index < -0.39 is 9.75 Å². The Bertz CT molecular complexity index is 687. The molecule has 1 N–H and O–H groups in total. The van der Waals surface area contributed by atoms with Crippen molar-refractivity contribution in [2.24, 2.45) is 0 Å². The van der Waals surface area contributed by atoms with Crippen LogP contribution in [0.15, 0.2) is 54.6 Å². The van der Waals surface area contributed by atoms with Crippen LogP contribution in [-0.4, -0.2) is 10.2 Å². The van der Waals surface area contributed by atoms with Crippen molar-refractivity contribution in [2.75, 3.05) is 5.32 Å². The minimum absolute atomic E-state index is 0.244. The summed E-state index contributed by atoms with van der Waals surface area (Å²) in [6.07, 6.45) is 0.378. The van der Waals surface area contributed by atoms with E-state index in [4.69, 9.17) is 34.8 Å². The van der Waals surface area contributed by atoms with Gasteiger partial charge in [-0.1, -0.05) is 54.1 Å². The third-order valence-electron chi connectivity index (χ3n) is 3.76. The number of para-hydroxylation sites is 1. The molecule has 2 aromatic rings. The minimum Gasteiger partial charge on any atom is -0.324 e. The number of nitrogens with one attached hydrogen (secondary N) is 1. The topological polar surface area (TPSA) is 29.1 Å². The third kappa shape index (κ3) is 2.42. The number of halogens is 3. The molecule has 1 aliphatic carbocycles. The second-order valence-corrected chi connectivity index (χ2v) is 6.98. The van der Waals surface area contributed by atoms with Crippen molar-refractivity contribution in [3.8, 4) is 0 Å². The fraction of sp³-hybridized carbons (Fsp3) is 0.188. The molecule has 1 fully saturated rings. The molecular formula is C16H12Cl3NO. The van der Waals surface area contributed by atoms with Gasteiger partial charge in [0.1, 0.15) is 9.75 Å². The molecule has 0 spiro atoms. The van der Waals surface area contributed by atoms with Gasteiger partial charge in [0.15, 0.2) is 0 Å². The quantitative estimate of drug-likeness (QED) is 0.799. The average molecular weight is 341 g/mol. The van der Waals surface area contributed by atoms with E-state index >= 15 is 0 Å². The minimum atomic E-state index is -1.10. The van der Waals surface area contributed by atoms with E-state index in [-0.39, 0.29) is 5.91 Å². The number of hydrogen-bond donors (Lipinski definition) is 1. The Hall–Kier alpha value is -1.22. The first kappa shape index (κ1) is 14.7. The molecule has 0 unspecified atom stereocenters. The molecule has 1 amide bonds. The summed E-state index contributed by atoms with van der Waals surface area (Å²) < 4.78 is -1.10. The number of alkyl halides is 2. The molecule has 5 heteroatoms. The van der Waals surface area contributed by atoms with E-state index in [9.17, 15) is 4.79 Å². The van der Waals surface area contributed by atoms with Gasteiger partial charge in [0.05, 0.1) is 10.7 Å². The molecule has 0 saturated heterocycles. The average Bonchev–Trinajstić information content (AvgIpc) is 3.07. The van der Waals surface area contributed by atoms with E-state index in [1.165, 1.54) is 0 Å². The summed E-state index contributed by atoms with van der Waals surface area (Å²) in [5.41, 5.74) is 0.423. The number of benzene rings is 2. The van der Waals surface area contributed by atoms with Crippen molar-refractivity contribution in [2.45, 2.75) is 16.2 Å². The van der Waals surface area contributed by atoms with E-state index in [1.807, 2.05) is 30.3 Å². The zero-order valence-electron chi connectivity index (χ0n) is 10.9. The molecule has 1 saturated carbocycles. The third-order valence-corrected chi connectivity index (χ3v) is 5.00. The Labute approximate surface area is 138 Å². The van der Waals surface area contributed by atoms with Gasteiger partial charge in [-0.3, -0.25) is 4.79 Å². The molecule has 0 heterocycles. The van der Waals surface area contributed by atoms with Crippen LogP contribution < -0.4 is 5.32 Å². The summed E-state index contributed by atoms with van der Waals surface area (Å²) in [6, 6.07) is 16.4. The largest absolute Gasteiger partial charge is 0.324 e. The lowest BCUT2D eigenvalue weighted by Gasteiger charge is -2.19. The number of carbonyl (C=O) groups is 1. The van der Waals surface area contributed by atoms with Crippen LogP contribution in [0.2, 0.25) is 5.02 Å². The predicted octanol–water partition coefficient (Wildman–Crippen LogP) is 4.79. The predicted molar refractivity (Wildman–Crippen MR) is 87.3 cm³/mol. The van der Waals surface area contributed by atoms with Crippen LogP contribution in [0.4, 0.5) is 5.69 Å². The lowest BCUT2D eigenvalue weighted by atomic mass is 9.94. The Balaban J connectivity index is 1.94. The molecule has 2 aromatic carbocycles. The maximum absolute atomic E-state index is 12.7. The van der Waals surface area contributed by atoms with Crippen LogP contribution in [-0.2, 0) is 10.2 Å². The molecule has 1 atom stereocenters. The Kier molecular flexibility index (Phi) is 3.64. The first-order chi connectivity index (χ1) is 9.97. The normalized spacial score (nSPS) is 22.6. The number of rotatable bonds is 3. The summed E-state index contributed by atoms with van der Waals surface area (Å²) in [5.74, 6) is -0.244. The van der Waals surface area contributed by atoms with Gasteiger partial charge in [0.2, 0.25) is 5.91 Å². The van der Waals surface area contributed by atoms with Gasteiger partial charge < -0.3 is 5.32 Å². The zero-order valence-corrected chi connectivity index (χ0v) is 13.2. The van der Waals surface area contributed by atoms with Crippen LogP contribution in [0.1, 0.15) is 12.0 Å². The number of anilines is 1. The molecule has 0 aromatic heterocycles. The zero-order chi connectivity index (χ0) is 15.1. The smallest absolute Gasteiger partial charge is 0.238 e. The highest BCUT2D eigenvalue weighted by atomic mass is 35.5. The van der Waals surface area contributed by atoms with Crippen molar-refractivity contribution >= 4 is 46.4 Å². The molecule has 21 heavy (non-hydrogen) atoms. The number of hydrogen-bond acceptors (Lipinski definition) is 1. The van der Waals surface area contributed by atoms with Gasteiger partial charge in [-0.25, -0.2) is 0 Å². The van der Waals surface area contributed by atoms with Crippen LogP contribution in [0.3, 0.4) is 0 Å². The summed E-state index contributed by atoms with van der Waals surface area (Å²) >= 11 is 18.6. The second-order valence-electron chi connectivity index (χ2n) is 5.09. The highest BCUT2D eigenvalue weighted by molar-refractivity contribution is 6.54. The van der Waals surface area contributed by atoms with Gasteiger partial charge in [0, 0.05) is 6.42 Å². The molecule has 2 nitrogen and oxygen atoms in total. The van der Waals surface area contributed by atoms with Crippen LogP contribution in [0.25, 0.3) is 0 Å². The van der Waals surface area contributed by atoms with Gasteiger partial charge in [0.25, 0.3) is 0 Å². The molecule has 108 valence electrons. The van der Waals surface area contributed by atoms with Crippen LogP contribution >= 0.6 is 34.8 Å². The first-order valence-electron chi connectivity index (χ1n) is 6.47. The second kappa shape index (κ2) is 5.20. The van der Waals surface area contributed by atoms with Crippen molar-refractivity contribution in [1.29, 1.82) is 0 Å². The van der Waals surface area contributed by atoms with Crippen molar-refractivity contribution in [1.82, 2.24) is 0 Å². The maximum atomic E-state index is 12.7. The van der Waals surface area contributed by atoms with Crippen molar-refractivity contribution < 1.29 is 4.79 Å². The van der Waals surface area contributed by atoms with Crippen molar-refractivity contribution in [3.05, 3.63) is 65.2 Å². The molecule has 1 aliphatic rings. The highest BCUT2D eigenvalue weighted by Crippen LogP contribution is 2.65. The first-order valence-corrected chi connectivity index (χ1v) is 7.60. The van der Waals surface area contributed by atoms with Crippen LogP contribution in [0.5, 0.6) is 0 Å². The number of amides is 1. The van der Waals surface area contributed by atoms with Crippen LogP contribution in [0, 0.1) is 0 Å². The molecular weight excluding hydrogens is 329 g/mol. The van der Waals surface area contributed by atoms with E-state index in [2.05, 4.69) is 5.32 Å². The highest BCUT2D eigenvalue weighted by Gasteiger charge is 2.72. The summed E-state index contributed by atoms with van der Waals surface area (Å²) in [6.45, 7) is 0. The summed E-state index contributed by atoms with van der Waals surface area (Å²) in [5, 5.41) is 3.30. The molecule has 3 rings (SSSR count). The Morgan fingerprint density at radius 2 is 1.57 bits per heavy atom. The Morgan fingerprint density at radius 3 is 2.14 bits per heavy atom. The van der Waals surface area contributed by atoms with Gasteiger partial charge in [-0.05, 0) is 17.7 Å². The summed E-state index contributed by atoms with van der Waals surface area (Å²) in [4.78, 5) is 12.7. The maximum Gasteiger partial charge on any atom is 0.238 e. The monoisotopic (exact) mass is 339 g/mol. The van der Waals surface area contributed by atoms with Gasteiger partial charge in [-0.2, -0.15) is 0 Å². The van der Waals surface area contributed by atoms with E-state index in [1.54, 1.807) is 24.3 Å². The molecule has 0 aliphatic heterocycles. The van der Waals surface area contributed by atoms with E-state index in [0.717, 1.165) is 5.56 Å². The lowest BCUT2D eigenvalue weighted by molar-refractivity contribution is -0.118. The Morgan fingerprint density at radius 1 is 1.00 bits per heavy atom. The fourth-order valence-electron chi connectivity index (χ4n) is 2.49. The summed E-state index contributed by atoms with van der Waals surface area (Å²) in [7, 11) is 0. The van der Waals surface area contributed by atoms with Gasteiger partial charge in [-0.15, -0.1) is 23.2 Å². The number of carbonyl (C=O) groups excluding carboxylic acids is 1. The molecule has 0 bridgehead atoms. The fourth-order valence-corrected chi connectivity index (χ4v) is 3.47. The van der Waals surface area contributed by atoms with Crippen molar-refractivity contribution in [3.63, 3.8) is 0 Å². The standard InChI is InChI=1S/C16H12Cl3NO/c17-12-8-4-5-9-13(12)20-14(21)15(10-16(15,18)19)11-6-2-1-3-7-11/h1-9H,10H2,(H,20,21)/t15-/m1/s1.